The van der Waals surface area contributed by atoms with Crippen LogP contribution in [0.1, 0.15) is 52.4 Å². The number of halogens is 12. The van der Waals surface area contributed by atoms with Crippen molar-refractivity contribution in [2.45, 2.75) is 100 Å². The van der Waals surface area contributed by atoms with E-state index < -0.39 is 60.8 Å². The van der Waals surface area contributed by atoms with E-state index in [4.69, 9.17) is 0 Å². The Kier molecular flexibility index (Phi) is 8.79. The molecule has 0 aromatic heterocycles. The highest BCUT2D eigenvalue weighted by atomic mass is 19.4. The molecule has 0 radical (unpaired) electrons. The normalized spacial score (nSPS) is 21.8. The van der Waals surface area contributed by atoms with E-state index in [0.717, 1.165) is 13.8 Å². The first-order chi connectivity index (χ1) is 15.0. The van der Waals surface area contributed by atoms with Gasteiger partial charge in [0.25, 0.3) is 11.2 Å². The van der Waals surface area contributed by atoms with Crippen molar-refractivity contribution in [2.75, 3.05) is 0 Å². The zero-order valence-corrected chi connectivity index (χ0v) is 17.7. The fraction of sp³-hybridized carbons (Fsp3) is 0.889. The van der Waals surface area contributed by atoms with E-state index in [1.54, 1.807) is 0 Å². The molecule has 4 nitrogen and oxygen atoms in total. The molecule has 0 saturated heterocycles. The lowest BCUT2D eigenvalue weighted by Gasteiger charge is -2.34. The van der Waals surface area contributed by atoms with E-state index in [1.807, 2.05) is 0 Å². The molecule has 1 saturated carbocycles. The van der Waals surface area contributed by atoms with Crippen LogP contribution in [-0.4, -0.2) is 69.6 Å². The molecular weight excluding hydrogens is 504 g/mol. The van der Waals surface area contributed by atoms with Crippen LogP contribution in [0, 0.1) is 0 Å². The molecule has 2 unspecified atom stereocenters. The van der Waals surface area contributed by atoms with Gasteiger partial charge in [0, 0.05) is 12.8 Å². The minimum Gasteiger partial charge on any atom is -0.374 e. The van der Waals surface area contributed by atoms with E-state index in [-0.39, 0.29) is 24.3 Å². The molecular formula is C18H22F12N2O2. The highest BCUT2D eigenvalue weighted by Gasteiger charge is 2.71. The molecule has 200 valence electrons. The summed E-state index contributed by atoms with van der Waals surface area (Å²) >= 11 is 0. The van der Waals surface area contributed by atoms with Gasteiger partial charge in [-0.2, -0.15) is 52.7 Å². The number of rotatable bonds is 6. The van der Waals surface area contributed by atoms with Crippen molar-refractivity contribution in [3.8, 4) is 0 Å². The van der Waals surface area contributed by atoms with Crippen molar-refractivity contribution in [2.24, 2.45) is 9.98 Å². The van der Waals surface area contributed by atoms with Gasteiger partial charge in [-0.3, -0.25) is 9.98 Å². The van der Waals surface area contributed by atoms with Crippen molar-refractivity contribution in [3.63, 3.8) is 0 Å². The molecule has 0 aromatic rings. The molecule has 1 fully saturated rings. The predicted molar refractivity (Wildman–Crippen MR) is 95.6 cm³/mol. The largest absolute Gasteiger partial charge is 0.426 e. The molecule has 1 rings (SSSR count). The quantitative estimate of drug-likeness (QED) is 0.436. The van der Waals surface area contributed by atoms with E-state index in [9.17, 15) is 62.9 Å². The van der Waals surface area contributed by atoms with E-state index in [2.05, 4.69) is 9.98 Å². The summed E-state index contributed by atoms with van der Waals surface area (Å²) in [7, 11) is 0. The fourth-order valence-electron chi connectivity index (χ4n) is 3.41. The van der Waals surface area contributed by atoms with E-state index >= 15 is 0 Å². The topological polar surface area (TPSA) is 65.2 Å². The average Bonchev–Trinajstić information content (AvgIpc) is 2.59. The summed E-state index contributed by atoms with van der Waals surface area (Å²) < 4.78 is 155. The van der Waals surface area contributed by atoms with Gasteiger partial charge in [0.05, 0.1) is 23.5 Å². The third-order valence-corrected chi connectivity index (χ3v) is 5.22. The van der Waals surface area contributed by atoms with Crippen LogP contribution in [0.4, 0.5) is 52.7 Å². The van der Waals surface area contributed by atoms with Crippen molar-refractivity contribution in [1.82, 2.24) is 0 Å². The van der Waals surface area contributed by atoms with Crippen molar-refractivity contribution in [3.05, 3.63) is 0 Å². The van der Waals surface area contributed by atoms with Crippen LogP contribution in [0.2, 0.25) is 0 Å². The number of aliphatic imine (C=N–C) groups is 2. The van der Waals surface area contributed by atoms with Crippen LogP contribution >= 0.6 is 0 Å². The van der Waals surface area contributed by atoms with Crippen molar-refractivity contribution >= 4 is 11.4 Å². The molecule has 0 heterocycles. The highest BCUT2D eigenvalue weighted by Crippen LogP contribution is 2.47. The molecule has 0 amide bonds. The maximum absolute atomic E-state index is 12.9. The Morgan fingerprint density at radius 2 is 0.824 bits per heavy atom. The van der Waals surface area contributed by atoms with Crippen LogP contribution in [-0.2, 0) is 0 Å². The zero-order valence-electron chi connectivity index (χ0n) is 17.7. The Balaban J connectivity index is 3.23. The minimum absolute atomic E-state index is 0.0604. The third-order valence-electron chi connectivity index (χ3n) is 5.22. The van der Waals surface area contributed by atoms with Crippen molar-refractivity contribution in [1.29, 1.82) is 0 Å². The van der Waals surface area contributed by atoms with Crippen LogP contribution < -0.4 is 0 Å². The van der Waals surface area contributed by atoms with Gasteiger partial charge >= 0.3 is 24.7 Å². The number of aliphatic hydroxyl groups is 2. The Labute approximate surface area is 185 Å². The predicted octanol–water partition coefficient (Wildman–Crippen LogP) is 5.71. The highest BCUT2D eigenvalue weighted by molar-refractivity contribution is 6.42. The third kappa shape index (κ3) is 6.55. The van der Waals surface area contributed by atoms with Crippen LogP contribution in [0.15, 0.2) is 9.98 Å². The maximum atomic E-state index is 12.9. The molecule has 0 spiro atoms. The molecule has 1 aliphatic rings. The molecule has 2 N–H and O–H groups in total. The Morgan fingerprint density at radius 1 is 0.588 bits per heavy atom. The summed E-state index contributed by atoms with van der Waals surface area (Å²) in [6.07, 6.45) is -27.6. The van der Waals surface area contributed by atoms with Crippen LogP contribution in [0.25, 0.3) is 0 Å². The van der Waals surface area contributed by atoms with Gasteiger partial charge in [0.1, 0.15) is 0 Å². The van der Waals surface area contributed by atoms with E-state index in [1.165, 1.54) is 0 Å². The maximum Gasteiger partial charge on any atom is 0.426 e. The van der Waals surface area contributed by atoms with Crippen LogP contribution in [0.5, 0.6) is 0 Å². The zero-order chi connectivity index (χ0) is 27.0. The Morgan fingerprint density at radius 3 is 1.03 bits per heavy atom. The Bertz CT molecular complexity index is 673. The molecule has 0 aliphatic heterocycles. The number of hydrogen-bond donors (Lipinski definition) is 2. The van der Waals surface area contributed by atoms with Gasteiger partial charge in [0.15, 0.2) is 0 Å². The Hall–Kier alpha value is -1.58. The minimum atomic E-state index is -6.09. The van der Waals surface area contributed by atoms with Gasteiger partial charge in [-0.1, -0.05) is 0 Å². The summed E-state index contributed by atoms with van der Waals surface area (Å²) in [5, 5.41) is 18.6. The van der Waals surface area contributed by atoms with Gasteiger partial charge in [0.2, 0.25) is 0 Å². The second-order valence-corrected chi connectivity index (χ2v) is 8.18. The lowest BCUT2D eigenvalue weighted by Crippen LogP contribution is -2.58. The first kappa shape index (κ1) is 30.5. The summed E-state index contributed by atoms with van der Waals surface area (Å²) in [4.78, 5) is 7.39. The second kappa shape index (κ2) is 9.82. The fourth-order valence-corrected chi connectivity index (χ4v) is 3.41. The van der Waals surface area contributed by atoms with E-state index in [0.29, 0.717) is 12.8 Å². The first-order valence-corrected chi connectivity index (χ1v) is 9.81. The van der Waals surface area contributed by atoms with Gasteiger partial charge in [-0.25, -0.2) is 0 Å². The molecule has 0 aromatic carbocycles. The number of alkyl halides is 12. The SMILES string of the molecule is CC(CC(O)(C(F)(F)F)C(F)(F)F)N=C1CCCCC1=NC(C)CC(O)(C(F)(F)F)C(F)(F)F. The lowest BCUT2D eigenvalue weighted by atomic mass is 9.91. The van der Waals surface area contributed by atoms with Crippen LogP contribution in [0.3, 0.4) is 0 Å². The number of hydrogen-bond acceptors (Lipinski definition) is 4. The average molecular weight is 526 g/mol. The molecule has 34 heavy (non-hydrogen) atoms. The summed E-state index contributed by atoms with van der Waals surface area (Å²) in [6.45, 7) is 1.66. The van der Waals surface area contributed by atoms with Gasteiger partial charge in [-0.15, -0.1) is 0 Å². The first-order valence-electron chi connectivity index (χ1n) is 9.81. The van der Waals surface area contributed by atoms with Crippen molar-refractivity contribution < 1.29 is 62.9 Å². The molecule has 16 heteroatoms. The molecule has 1 aliphatic carbocycles. The van der Waals surface area contributed by atoms with Gasteiger partial charge in [-0.05, 0) is 39.5 Å². The summed E-state index contributed by atoms with van der Waals surface area (Å²) in [6, 6.07) is -3.58. The monoisotopic (exact) mass is 526 g/mol. The smallest absolute Gasteiger partial charge is 0.374 e. The number of nitrogens with zero attached hydrogens (tertiary/aromatic N) is 2. The standard InChI is InChI=1S/C18H22F12N2O2/c1-9(7-13(33,15(19,20)21)16(22,23)24)31-11-5-3-4-6-12(11)32-10(2)8-14(34,17(25,26)27)18(28,29)30/h9-10,33-34H,3-8H2,1-2H3. The summed E-state index contributed by atoms with van der Waals surface area (Å²) in [5.41, 5.74) is -10.6. The lowest BCUT2D eigenvalue weighted by molar-refractivity contribution is -0.371. The molecule has 2 atom stereocenters. The molecule has 0 bridgehead atoms. The summed E-state index contributed by atoms with van der Waals surface area (Å²) in [5.74, 6) is 0. The second-order valence-electron chi connectivity index (χ2n) is 8.18. The van der Waals surface area contributed by atoms with Gasteiger partial charge < -0.3 is 10.2 Å².